The molecule has 0 spiro atoms. The molecule has 0 heterocycles. The van der Waals surface area contributed by atoms with Gasteiger partial charge in [-0.3, -0.25) is 9.59 Å². The lowest BCUT2D eigenvalue weighted by Gasteiger charge is -2.44. The zero-order chi connectivity index (χ0) is 19.3. The largest absolute Gasteiger partial charge is 0.466 e. The van der Waals surface area contributed by atoms with Gasteiger partial charge in [-0.25, -0.2) is 0 Å². The van der Waals surface area contributed by atoms with Crippen molar-refractivity contribution < 1.29 is 29.4 Å². The van der Waals surface area contributed by atoms with Crippen LogP contribution in [0.5, 0.6) is 0 Å². The Kier molecular flexibility index (Phi) is 6.37. The molecule has 2 rings (SSSR count). The summed E-state index contributed by atoms with van der Waals surface area (Å²) in [7, 11) is 0. The van der Waals surface area contributed by atoms with Gasteiger partial charge in [0.05, 0.1) is 30.4 Å². The molecule has 1 aromatic rings. The Labute approximate surface area is 152 Å². The SMILES string of the molecule is CCOC(=O)C1/C(=N\O)CC(C)(O)C(C(=O)OCC)C1c1ccccc1. The average Bonchev–Trinajstić information content (AvgIpc) is 2.61. The smallest absolute Gasteiger partial charge is 0.315 e. The standard InChI is InChI=1S/C19H25NO6/c1-4-25-17(21)15-13(20-24)11-19(3,23)16(18(22)26-5-2)14(15)12-9-7-6-8-10-12/h6-10,14-16,23-24H,4-5,11H2,1-3H3/b20-13-. The highest BCUT2D eigenvalue weighted by Crippen LogP contribution is 2.47. The number of hydrogen-bond donors (Lipinski definition) is 2. The summed E-state index contributed by atoms with van der Waals surface area (Å²) in [5.41, 5.74) is -0.801. The Balaban J connectivity index is 2.63. The molecule has 1 aliphatic carbocycles. The molecule has 4 atom stereocenters. The summed E-state index contributed by atoms with van der Waals surface area (Å²) in [4.78, 5) is 25.3. The minimum Gasteiger partial charge on any atom is -0.466 e. The van der Waals surface area contributed by atoms with Gasteiger partial charge in [0.2, 0.25) is 0 Å². The van der Waals surface area contributed by atoms with Crippen LogP contribution in [-0.2, 0) is 19.1 Å². The lowest BCUT2D eigenvalue weighted by atomic mass is 9.61. The minimum atomic E-state index is -1.54. The van der Waals surface area contributed by atoms with E-state index in [-0.39, 0.29) is 25.3 Å². The molecule has 1 fully saturated rings. The maximum Gasteiger partial charge on any atom is 0.315 e. The van der Waals surface area contributed by atoms with E-state index in [4.69, 9.17) is 9.47 Å². The molecule has 0 saturated heterocycles. The van der Waals surface area contributed by atoms with Gasteiger partial charge in [-0.15, -0.1) is 0 Å². The van der Waals surface area contributed by atoms with Crippen molar-refractivity contribution in [3.05, 3.63) is 35.9 Å². The first kappa shape index (κ1) is 19.9. The molecule has 4 unspecified atom stereocenters. The number of benzene rings is 1. The molecule has 2 N–H and O–H groups in total. The van der Waals surface area contributed by atoms with Gasteiger partial charge in [-0.2, -0.15) is 0 Å². The first-order valence-electron chi connectivity index (χ1n) is 8.68. The summed E-state index contributed by atoms with van der Waals surface area (Å²) in [6.07, 6.45) is -0.139. The molecule has 26 heavy (non-hydrogen) atoms. The third-order valence-corrected chi connectivity index (χ3v) is 4.68. The summed E-state index contributed by atoms with van der Waals surface area (Å²) in [6.45, 7) is 5.13. The molecule has 7 heteroatoms. The van der Waals surface area contributed by atoms with E-state index in [2.05, 4.69) is 5.16 Å². The molecule has 0 radical (unpaired) electrons. The van der Waals surface area contributed by atoms with E-state index in [1.165, 1.54) is 6.92 Å². The number of aliphatic hydroxyl groups is 1. The number of carbonyl (C=O) groups excluding carboxylic acids is 2. The van der Waals surface area contributed by atoms with E-state index in [1.807, 2.05) is 6.07 Å². The van der Waals surface area contributed by atoms with E-state index < -0.39 is 35.3 Å². The maximum atomic E-state index is 12.7. The quantitative estimate of drug-likeness (QED) is 0.472. The molecule has 7 nitrogen and oxygen atoms in total. The van der Waals surface area contributed by atoms with Gasteiger partial charge in [0.1, 0.15) is 5.92 Å². The number of esters is 2. The number of ether oxygens (including phenoxy) is 2. The zero-order valence-electron chi connectivity index (χ0n) is 15.2. The maximum absolute atomic E-state index is 12.7. The third kappa shape index (κ3) is 3.88. The lowest BCUT2D eigenvalue weighted by Crippen LogP contribution is -2.55. The lowest BCUT2D eigenvalue weighted by molar-refractivity contribution is -0.163. The van der Waals surface area contributed by atoms with Gasteiger partial charge < -0.3 is 19.8 Å². The molecule has 0 aromatic heterocycles. The molecular formula is C19H25NO6. The van der Waals surface area contributed by atoms with Gasteiger partial charge in [-0.05, 0) is 26.3 Å². The van der Waals surface area contributed by atoms with E-state index in [1.54, 1.807) is 38.1 Å². The number of hydrogen-bond acceptors (Lipinski definition) is 7. The number of carbonyl (C=O) groups is 2. The number of rotatable bonds is 5. The van der Waals surface area contributed by atoms with E-state index >= 15 is 0 Å². The topological polar surface area (TPSA) is 105 Å². The highest BCUT2D eigenvalue weighted by molar-refractivity contribution is 6.05. The van der Waals surface area contributed by atoms with Gasteiger partial charge in [0.25, 0.3) is 0 Å². The fraction of sp³-hybridized carbons (Fsp3) is 0.526. The van der Waals surface area contributed by atoms with Crippen molar-refractivity contribution in [1.82, 2.24) is 0 Å². The second-order valence-electron chi connectivity index (χ2n) is 6.52. The Morgan fingerprint density at radius 1 is 1.15 bits per heavy atom. The summed E-state index contributed by atoms with van der Waals surface area (Å²) in [6, 6.07) is 8.89. The second-order valence-corrected chi connectivity index (χ2v) is 6.52. The first-order chi connectivity index (χ1) is 12.4. The van der Waals surface area contributed by atoms with Crippen molar-refractivity contribution in [3.63, 3.8) is 0 Å². The zero-order valence-corrected chi connectivity index (χ0v) is 15.2. The van der Waals surface area contributed by atoms with Gasteiger partial charge in [-0.1, -0.05) is 35.5 Å². The van der Waals surface area contributed by atoms with Crippen molar-refractivity contribution in [3.8, 4) is 0 Å². The summed E-state index contributed by atoms with van der Waals surface area (Å²) < 4.78 is 10.3. The van der Waals surface area contributed by atoms with Gasteiger partial charge in [0.15, 0.2) is 0 Å². The highest BCUT2D eigenvalue weighted by Gasteiger charge is 2.56. The molecule has 0 bridgehead atoms. The Bertz CT molecular complexity index is 670. The van der Waals surface area contributed by atoms with Crippen LogP contribution in [0.2, 0.25) is 0 Å². The summed E-state index contributed by atoms with van der Waals surface area (Å²) >= 11 is 0. The van der Waals surface area contributed by atoms with Crippen LogP contribution in [0.25, 0.3) is 0 Å². The predicted octanol–water partition coefficient (Wildman–Crippen LogP) is 2.11. The van der Waals surface area contributed by atoms with Gasteiger partial charge >= 0.3 is 11.9 Å². The van der Waals surface area contributed by atoms with Crippen molar-refractivity contribution in [2.45, 2.75) is 38.7 Å². The van der Waals surface area contributed by atoms with E-state index in [0.717, 1.165) is 0 Å². The minimum absolute atomic E-state index is 0.0860. The van der Waals surface area contributed by atoms with Crippen LogP contribution in [0, 0.1) is 11.8 Å². The van der Waals surface area contributed by atoms with Crippen LogP contribution in [0.3, 0.4) is 0 Å². The third-order valence-electron chi connectivity index (χ3n) is 4.68. The van der Waals surface area contributed by atoms with Crippen LogP contribution < -0.4 is 0 Å². The van der Waals surface area contributed by atoms with Crippen LogP contribution in [0.15, 0.2) is 35.5 Å². The molecule has 0 aliphatic heterocycles. The highest BCUT2D eigenvalue weighted by atomic mass is 16.5. The fourth-order valence-electron chi connectivity index (χ4n) is 3.68. The molecule has 1 aromatic carbocycles. The Morgan fingerprint density at radius 3 is 2.27 bits per heavy atom. The molecule has 1 saturated carbocycles. The predicted molar refractivity (Wildman–Crippen MR) is 93.9 cm³/mol. The monoisotopic (exact) mass is 363 g/mol. The van der Waals surface area contributed by atoms with Crippen molar-refractivity contribution in [2.75, 3.05) is 13.2 Å². The van der Waals surface area contributed by atoms with Gasteiger partial charge in [0, 0.05) is 12.3 Å². The normalized spacial score (nSPS) is 30.0. The van der Waals surface area contributed by atoms with Crippen molar-refractivity contribution in [2.24, 2.45) is 17.0 Å². The van der Waals surface area contributed by atoms with Crippen LogP contribution >= 0.6 is 0 Å². The van der Waals surface area contributed by atoms with Crippen LogP contribution in [-0.4, -0.2) is 46.8 Å². The summed E-state index contributed by atoms with van der Waals surface area (Å²) in [5.74, 6) is -3.97. The number of nitrogens with zero attached hydrogens (tertiary/aromatic N) is 1. The van der Waals surface area contributed by atoms with E-state index in [0.29, 0.717) is 5.56 Å². The second kappa shape index (κ2) is 8.31. The average molecular weight is 363 g/mol. The van der Waals surface area contributed by atoms with E-state index in [9.17, 15) is 19.9 Å². The van der Waals surface area contributed by atoms with Crippen molar-refractivity contribution >= 4 is 17.7 Å². The first-order valence-corrected chi connectivity index (χ1v) is 8.68. The molecule has 0 amide bonds. The molecule has 142 valence electrons. The van der Waals surface area contributed by atoms with Crippen LogP contribution in [0.4, 0.5) is 0 Å². The fourth-order valence-corrected chi connectivity index (χ4v) is 3.68. The Hall–Kier alpha value is -2.41. The summed E-state index contributed by atoms with van der Waals surface area (Å²) in [5, 5.41) is 23.7. The van der Waals surface area contributed by atoms with Crippen LogP contribution in [0.1, 0.15) is 38.7 Å². The number of oxime groups is 1. The Morgan fingerprint density at radius 2 is 1.73 bits per heavy atom. The molecule has 1 aliphatic rings. The molecular weight excluding hydrogens is 338 g/mol. The van der Waals surface area contributed by atoms with Crippen molar-refractivity contribution in [1.29, 1.82) is 0 Å².